The molecule has 1 aliphatic heterocycles. The number of rotatable bonds is 4. The molecular formula is C20H20N2O5S. The van der Waals surface area contributed by atoms with Crippen LogP contribution in [0.15, 0.2) is 41.4 Å². The predicted octanol–water partition coefficient (Wildman–Crippen LogP) is 3.01. The van der Waals surface area contributed by atoms with Gasteiger partial charge in [-0.2, -0.15) is 4.99 Å². The molecule has 1 aromatic heterocycles. The number of amides is 1. The number of carbonyl (C=O) groups excluding carboxylic acids is 1. The minimum Gasteiger partial charge on any atom is -0.495 e. The second-order valence-corrected chi connectivity index (χ2v) is 7.07. The van der Waals surface area contributed by atoms with Gasteiger partial charge in [0.25, 0.3) is 5.91 Å². The van der Waals surface area contributed by atoms with Gasteiger partial charge in [-0.1, -0.05) is 23.5 Å². The molecule has 0 saturated carbocycles. The van der Waals surface area contributed by atoms with Crippen LogP contribution in [0.1, 0.15) is 6.92 Å². The Morgan fingerprint density at radius 1 is 1.18 bits per heavy atom. The summed E-state index contributed by atoms with van der Waals surface area (Å²) in [7, 11) is 3.23. The van der Waals surface area contributed by atoms with Crippen LogP contribution in [-0.4, -0.2) is 37.4 Å². The third-order valence-electron chi connectivity index (χ3n) is 4.50. The number of aryl methyl sites for hydroxylation is 1. The Labute approximate surface area is 165 Å². The van der Waals surface area contributed by atoms with Crippen LogP contribution < -0.4 is 23.7 Å². The Morgan fingerprint density at radius 2 is 1.89 bits per heavy atom. The molecule has 0 N–H and O–H groups in total. The predicted molar refractivity (Wildman–Crippen MR) is 106 cm³/mol. The number of thiazole rings is 1. The number of para-hydroxylation sites is 2. The van der Waals surface area contributed by atoms with Gasteiger partial charge in [0, 0.05) is 6.54 Å². The Kier molecular flexibility index (Phi) is 4.95. The fourth-order valence-electron chi connectivity index (χ4n) is 3.14. The van der Waals surface area contributed by atoms with Gasteiger partial charge in [-0.25, -0.2) is 0 Å². The molecule has 8 heteroatoms. The van der Waals surface area contributed by atoms with Crippen LogP contribution in [0.5, 0.6) is 23.0 Å². The summed E-state index contributed by atoms with van der Waals surface area (Å²) in [5.74, 6) is 2.20. The smallest absolute Gasteiger partial charge is 0.292 e. The fourth-order valence-corrected chi connectivity index (χ4v) is 4.35. The van der Waals surface area contributed by atoms with E-state index >= 15 is 0 Å². The second kappa shape index (κ2) is 7.55. The van der Waals surface area contributed by atoms with Crippen LogP contribution in [0.2, 0.25) is 0 Å². The Morgan fingerprint density at radius 3 is 2.61 bits per heavy atom. The monoisotopic (exact) mass is 400 g/mol. The van der Waals surface area contributed by atoms with E-state index in [-0.39, 0.29) is 12.5 Å². The van der Waals surface area contributed by atoms with E-state index in [2.05, 4.69) is 4.99 Å². The van der Waals surface area contributed by atoms with Gasteiger partial charge in [0.15, 0.2) is 16.3 Å². The number of methoxy groups -OCH3 is 2. The van der Waals surface area contributed by atoms with Crippen molar-refractivity contribution in [2.45, 2.75) is 19.6 Å². The minimum atomic E-state index is -0.783. The van der Waals surface area contributed by atoms with Crippen molar-refractivity contribution in [3.05, 3.63) is 41.2 Å². The number of hydrogen-bond acceptors (Lipinski definition) is 6. The van der Waals surface area contributed by atoms with Gasteiger partial charge in [0.1, 0.15) is 28.3 Å². The highest BCUT2D eigenvalue weighted by Gasteiger charge is 2.27. The van der Waals surface area contributed by atoms with Crippen LogP contribution in [0.25, 0.3) is 10.2 Å². The van der Waals surface area contributed by atoms with Crippen molar-refractivity contribution in [3.63, 3.8) is 0 Å². The number of nitrogens with zero attached hydrogens (tertiary/aromatic N) is 2. The van der Waals surface area contributed by atoms with Crippen LogP contribution in [-0.2, 0) is 11.3 Å². The molecule has 0 aliphatic carbocycles. The summed E-state index contributed by atoms with van der Waals surface area (Å²) in [4.78, 5) is 17.7. The summed E-state index contributed by atoms with van der Waals surface area (Å²) in [6.45, 7) is 2.74. The number of ether oxygens (including phenoxy) is 4. The van der Waals surface area contributed by atoms with Crippen molar-refractivity contribution >= 4 is 27.5 Å². The molecule has 0 radical (unpaired) electrons. The van der Waals surface area contributed by atoms with Crippen LogP contribution >= 0.6 is 11.3 Å². The highest BCUT2D eigenvalue weighted by atomic mass is 32.1. The SMILES string of the molecule is CCn1c(=NC(=O)C2COc3ccccc3O2)sc2c(OC)ccc(OC)c21. The largest absolute Gasteiger partial charge is 0.495 e. The van der Waals surface area contributed by atoms with Crippen molar-refractivity contribution in [1.29, 1.82) is 0 Å². The molecule has 0 bridgehead atoms. The average Bonchev–Trinajstić information content (AvgIpc) is 3.10. The zero-order valence-corrected chi connectivity index (χ0v) is 16.6. The molecular weight excluding hydrogens is 380 g/mol. The van der Waals surface area contributed by atoms with Crippen LogP contribution in [0.3, 0.4) is 0 Å². The first kappa shape index (κ1) is 18.4. The van der Waals surface area contributed by atoms with Gasteiger partial charge < -0.3 is 23.5 Å². The topological polar surface area (TPSA) is 71.3 Å². The van der Waals surface area contributed by atoms with E-state index in [1.807, 2.05) is 41.8 Å². The summed E-state index contributed by atoms with van der Waals surface area (Å²) in [5, 5.41) is 0. The lowest BCUT2D eigenvalue weighted by molar-refractivity contribution is -0.127. The molecule has 3 aromatic rings. The summed E-state index contributed by atoms with van der Waals surface area (Å²) in [6.07, 6.45) is -0.783. The number of hydrogen-bond donors (Lipinski definition) is 0. The molecule has 2 aromatic carbocycles. The Bertz CT molecular complexity index is 1100. The molecule has 2 heterocycles. The van der Waals surface area contributed by atoms with Crippen molar-refractivity contribution in [2.24, 2.45) is 4.99 Å². The van der Waals surface area contributed by atoms with Gasteiger partial charge in [0.05, 0.1) is 14.2 Å². The maximum atomic E-state index is 12.8. The maximum absolute atomic E-state index is 12.8. The fraction of sp³-hybridized carbons (Fsp3) is 0.300. The second-order valence-electron chi connectivity index (χ2n) is 6.09. The summed E-state index contributed by atoms with van der Waals surface area (Å²) in [5.41, 5.74) is 0.854. The summed E-state index contributed by atoms with van der Waals surface area (Å²) >= 11 is 1.38. The summed E-state index contributed by atoms with van der Waals surface area (Å²) < 4.78 is 25.2. The molecule has 0 saturated heterocycles. The maximum Gasteiger partial charge on any atom is 0.292 e. The zero-order valence-electron chi connectivity index (χ0n) is 15.8. The first-order chi connectivity index (χ1) is 13.7. The number of benzene rings is 2. The molecule has 4 rings (SSSR count). The van der Waals surface area contributed by atoms with Crippen molar-refractivity contribution in [2.75, 3.05) is 20.8 Å². The molecule has 1 unspecified atom stereocenters. The molecule has 146 valence electrons. The van der Waals surface area contributed by atoms with Crippen molar-refractivity contribution in [3.8, 4) is 23.0 Å². The van der Waals surface area contributed by atoms with E-state index in [1.54, 1.807) is 20.3 Å². The lowest BCUT2D eigenvalue weighted by Gasteiger charge is -2.23. The summed E-state index contributed by atoms with van der Waals surface area (Å²) in [6, 6.07) is 11.0. The number of aromatic nitrogens is 1. The number of fused-ring (bicyclic) bond motifs is 2. The minimum absolute atomic E-state index is 0.128. The first-order valence-electron chi connectivity index (χ1n) is 8.87. The molecule has 0 spiro atoms. The van der Waals surface area contributed by atoms with Gasteiger partial charge >= 0.3 is 0 Å². The number of carbonyl (C=O) groups is 1. The van der Waals surface area contributed by atoms with Crippen LogP contribution in [0.4, 0.5) is 0 Å². The van der Waals surface area contributed by atoms with E-state index in [1.165, 1.54) is 11.3 Å². The Balaban J connectivity index is 1.76. The lowest BCUT2D eigenvalue weighted by Crippen LogP contribution is -2.36. The van der Waals surface area contributed by atoms with Gasteiger partial charge in [-0.3, -0.25) is 4.79 Å². The quantitative estimate of drug-likeness (QED) is 0.673. The van der Waals surface area contributed by atoms with E-state index in [0.717, 1.165) is 10.2 Å². The third kappa shape index (κ3) is 3.09. The van der Waals surface area contributed by atoms with Gasteiger partial charge in [-0.15, -0.1) is 0 Å². The van der Waals surface area contributed by atoms with Gasteiger partial charge in [-0.05, 0) is 31.2 Å². The standard InChI is InChI=1S/C20H20N2O5S/c1-4-22-17-14(24-2)9-10-15(25-3)18(17)28-20(22)21-19(23)16-11-26-12-7-5-6-8-13(12)27-16/h5-10,16H,4,11H2,1-3H3. The highest BCUT2D eigenvalue weighted by molar-refractivity contribution is 7.16. The van der Waals surface area contributed by atoms with E-state index < -0.39 is 6.10 Å². The van der Waals surface area contributed by atoms with Crippen LogP contribution in [0, 0.1) is 0 Å². The lowest BCUT2D eigenvalue weighted by atomic mass is 10.2. The van der Waals surface area contributed by atoms with E-state index in [4.69, 9.17) is 18.9 Å². The zero-order chi connectivity index (χ0) is 19.7. The average molecular weight is 400 g/mol. The molecule has 0 fully saturated rings. The highest BCUT2D eigenvalue weighted by Crippen LogP contribution is 2.35. The Hall–Kier alpha value is -3.00. The normalized spacial score (nSPS) is 16.2. The third-order valence-corrected chi connectivity index (χ3v) is 5.59. The molecule has 1 aliphatic rings. The molecule has 1 amide bonds. The first-order valence-corrected chi connectivity index (χ1v) is 9.69. The van der Waals surface area contributed by atoms with Crippen molar-refractivity contribution in [1.82, 2.24) is 4.57 Å². The molecule has 28 heavy (non-hydrogen) atoms. The van der Waals surface area contributed by atoms with E-state index in [9.17, 15) is 4.79 Å². The molecule has 1 atom stereocenters. The van der Waals surface area contributed by atoms with E-state index in [0.29, 0.717) is 34.3 Å². The van der Waals surface area contributed by atoms with Gasteiger partial charge in [0.2, 0.25) is 6.10 Å². The van der Waals surface area contributed by atoms with Crippen molar-refractivity contribution < 1.29 is 23.7 Å². The molecule has 7 nitrogen and oxygen atoms in total.